The fourth-order valence-corrected chi connectivity index (χ4v) is 4.67. The van der Waals surface area contributed by atoms with Crippen LogP contribution >= 0.6 is 0 Å². The number of hydrogen-bond acceptors (Lipinski definition) is 4. The predicted octanol–water partition coefficient (Wildman–Crippen LogP) is 4.05. The number of aliphatic hydroxyl groups is 1. The molecule has 3 atom stereocenters. The Hall–Kier alpha value is -2.21. The molecule has 5 nitrogen and oxygen atoms in total. The van der Waals surface area contributed by atoms with Crippen molar-refractivity contribution in [3.63, 3.8) is 0 Å². The molecule has 0 aromatic heterocycles. The third-order valence-electron chi connectivity index (χ3n) is 6.85. The number of likely N-dealkylation sites (N-methyl/N-ethyl adjacent to an activating group) is 1. The first-order valence-electron chi connectivity index (χ1n) is 11.9. The van der Waals surface area contributed by atoms with Gasteiger partial charge in [0.25, 0.3) is 5.91 Å². The number of benzene rings is 2. The maximum atomic E-state index is 13.8. The van der Waals surface area contributed by atoms with Crippen LogP contribution in [0, 0.1) is 11.8 Å². The molecule has 172 valence electrons. The van der Waals surface area contributed by atoms with Crippen LogP contribution in [-0.2, 0) is 11.3 Å². The number of carbonyl (C=O) groups excluding carboxylic acids is 1. The number of carbonyl (C=O) groups is 1. The van der Waals surface area contributed by atoms with Gasteiger partial charge in [-0.05, 0) is 55.5 Å². The highest BCUT2D eigenvalue weighted by molar-refractivity contribution is 6.01. The molecular weight excluding hydrogens is 400 g/mol. The van der Waals surface area contributed by atoms with Gasteiger partial charge in [-0.25, -0.2) is 0 Å². The summed E-state index contributed by atoms with van der Waals surface area (Å²) < 4.78 is 6.56. The lowest BCUT2D eigenvalue weighted by atomic mass is 9.94. The predicted molar refractivity (Wildman–Crippen MR) is 127 cm³/mol. The molecule has 1 heterocycles. The average molecular weight is 437 g/mol. The third-order valence-corrected chi connectivity index (χ3v) is 6.85. The molecule has 5 heteroatoms. The zero-order chi connectivity index (χ0) is 22.7. The fraction of sp³-hybridized carbons (Fsp3) is 0.519. The van der Waals surface area contributed by atoms with Crippen molar-refractivity contribution < 1.29 is 14.6 Å². The average Bonchev–Trinajstić information content (AvgIpc) is 3.62. The van der Waals surface area contributed by atoms with E-state index >= 15 is 0 Å². The molecule has 0 bridgehead atoms. The number of hydrogen-bond donors (Lipinski definition) is 1. The molecule has 0 radical (unpaired) electrons. The molecule has 0 saturated heterocycles. The largest absolute Gasteiger partial charge is 0.394 e. The van der Waals surface area contributed by atoms with Gasteiger partial charge >= 0.3 is 0 Å². The van der Waals surface area contributed by atoms with Gasteiger partial charge in [-0.3, -0.25) is 4.79 Å². The highest BCUT2D eigenvalue weighted by Crippen LogP contribution is 2.32. The van der Waals surface area contributed by atoms with Crippen LogP contribution in [0.1, 0.15) is 42.6 Å². The van der Waals surface area contributed by atoms with Crippen molar-refractivity contribution in [2.24, 2.45) is 11.8 Å². The number of ether oxygens (including phenoxy) is 1. The second-order valence-corrected chi connectivity index (χ2v) is 9.68. The zero-order valence-electron chi connectivity index (χ0n) is 19.5. The van der Waals surface area contributed by atoms with E-state index in [1.54, 1.807) is 0 Å². The Labute approximate surface area is 192 Å². The van der Waals surface area contributed by atoms with Gasteiger partial charge in [-0.1, -0.05) is 49.4 Å². The molecule has 2 aromatic rings. The van der Waals surface area contributed by atoms with Crippen LogP contribution in [0.4, 0.5) is 0 Å². The normalized spacial score (nSPS) is 22.8. The van der Waals surface area contributed by atoms with E-state index in [0.29, 0.717) is 18.7 Å². The first-order valence-corrected chi connectivity index (χ1v) is 11.9. The van der Waals surface area contributed by atoms with Crippen molar-refractivity contribution in [2.75, 3.05) is 33.3 Å². The molecule has 1 fully saturated rings. The lowest BCUT2D eigenvalue weighted by Crippen LogP contribution is -2.47. The minimum Gasteiger partial charge on any atom is -0.394 e. The molecule has 1 saturated carbocycles. The Morgan fingerprint density at radius 2 is 1.72 bits per heavy atom. The molecule has 1 amide bonds. The molecular formula is C27H36N2O3. The third kappa shape index (κ3) is 5.22. The lowest BCUT2D eigenvalue weighted by Gasteiger charge is -2.35. The highest BCUT2D eigenvalue weighted by atomic mass is 16.5. The molecule has 1 aliphatic carbocycles. The van der Waals surface area contributed by atoms with Gasteiger partial charge in [-0.2, -0.15) is 0 Å². The fourth-order valence-electron chi connectivity index (χ4n) is 4.67. The monoisotopic (exact) mass is 436 g/mol. The summed E-state index contributed by atoms with van der Waals surface area (Å²) in [4.78, 5) is 18.0. The quantitative estimate of drug-likeness (QED) is 0.742. The van der Waals surface area contributed by atoms with Crippen molar-refractivity contribution in [1.82, 2.24) is 9.80 Å². The summed E-state index contributed by atoms with van der Waals surface area (Å²) in [6.07, 6.45) is 2.65. The Kier molecular flexibility index (Phi) is 7.29. The number of rotatable bonds is 6. The second-order valence-electron chi connectivity index (χ2n) is 9.68. The van der Waals surface area contributed by atoms with Gasteiger partial charge in [0.1, 0.15) is 0 Å². The van der Waals surface area contributed by atoms with E-state index in [9.17, 15) is 9.90 Å². The molecule has 2 aliphatic rings. The number of nitrogens with zero attached hydrogens (tertiary/aromatic N) is 2. The van der Waals surface area contributed by atoms with Crippen LogP contribution < -0.4 is 0 Å². The van der Waals surface area contributed by atoms with Gasteiger partial charge in [0.15, 0.2) is 0 Å². The van der Waals surface area contributed by atoms with Gasteiger partial charge < -0.3 is 19.6 Å². The Morgan fingerprint density at radius 1 is 1.06 bits per heavy atom. The van der Waals surface area contributed by atoms with Crippen LogP contribution in [-0.4, -0.2) is 66.2 Å². The summed E-state index contributed by atoms with van der Waals surface area (Å²) in [5.41, 5.74) is 3.73. The van der Waals surface area contributed by atoms with Gasteiger partial charge in [0, 0.05) is 31.1 Å². The second kappa shape index (κ2) is 10.2. The van der Waals surface area contributed by atoms with E-state index in [2.05, 4.69) is 31.0 Å². The van der Waals surface area contributed by atoms with Gasteiger partial charge in [0.2, 0.25) is 0 Å². The minimum absolute atomic E-state index is 0.00536. The molecule has 2 aromatic carbocycles. The van der Waals surface area contributed by atoms with E-state index in [4.69, 9.17) is 4.74 Å². The summed E-state index contributed by atoms with van der Waals surface area (Å²) in [5.74, 6) is 0.920. The lowest BCUT2D eigenvalue weighted by molar-refractivity contribution is -0.0235. The molecule has 1 N–H and O–H groups in total. The number of amides is 1. The standard InChI is InChI=1S/C27H36N2O3/c1-19-14-29(20(2)17-30)27(31)25-11-7-6-10-24(25)23-9-5-4-8-22(23)18-32-26(19)16-28(3)15-21-12-13-21/h4-11,19-21,26,30H,12-18H2,1-3H3/t19-,20-,26-/m0/s1. The van der Waals surface area contributed by atoms with E-state index < -0.39 is 0 Å². The van der Waals surface area contributed by atoms with Crippen molar-refractivity contribution >= 4 is 5.91 Å². The summed E-state index contributed by atoms with van der Waals surface area (Å²) in [7, 11) is 2.17. The number of aliphatic hydroxyl groups excluding tert-OH is 1. The molecule has 0 spiro atoms. The number of fused-ring (bicyclic) bond motifs is 3. The molecule has 0 unspecified atom stereocenters. The molecule has 4 rings (SSSR count). The van der Waals surface area contributed by atoms with Gasteiger partial charge in [0.05, 0.1) is 25.4 Å². The summed E-state index contributed by atoms with van der Waals surface area (Å²) in [6.45, 7) is 7.01. The van der Waals surface area contributed by atoms with Crippen LogP contribution in [0.15, 0.2) is 48.5 Å². The SMILES string of the molecule is C[C@H]1CN([C@@H](C)CO)C(=O)c2ccccc2-c2ccccc2CO[C@H]1CN(C)CC1CC1. The van der Waals surface area contributed by atoms with Crippen molar-refractivity contribution in [1.29, 1.82) is 0 Å². The summed E-state index contributed by atoms with van der Waals surface area (Å²) in [5, 5.41) is 9.92. The molecule has 1 aliphatic heterocycles. The van der Waals surface area contributed by atoms with E-state index in [1.165, 1.54) is 12.8 Å². The van der Waals surface area contributed by atoms with Crippen molar-refractivity contribution in [3.8, 4) is 11.1 Å². The van der Waals surface area contributed by atoms with E-state index in [1.807, 2.05) is 48.2 Å². The summed E-state index contributed by atoms with van der Waals surface area (Å²) >= 11 is 0. The van der Waals surface area contributed by atoms with E-state index in [0.717, 1.165) is 35.7 Å². The van der Waals surface area contributed by atoms with Crippen LogP contribution in [0.5, 0.6) is 0 Å². The highest BCUT2D eigenvalue weighted by Gasteiger charge is 2.31. The first-order chi connectivity index (χ1) is 15.5. The van der Waals surface area contributed by atoms with Gasteiger partial charge in [-0.15, -0.1) is 0 Å². The van der Waals surface area contributed by atoms with Crippen LogP contribution in [0.3, 0.4) is 0 Å². The Balaban J connectivity index is 1.72. The first kappa shape index (κ1) is 23.0. The Bertz CT molecular complexity index is 927. The minimum atomic E-state index is -0.265. The maximum absolute atomic E-state index is 13.8. The van der Waals surface area contributed by atoms with E-state index in [-0.39, 0.29) is 30.6 Å². The molecule has 32 heavy (non-hydrogen) atoms. The smallest absolute Gasteiger partial charge is 0.254 e. The Morgan fingerprint density at radius 3 is 2.41 bits per heavy atom. The van der Waals surface area contributed by atoms with Crippen LogP contribution in [0.25, 0.3) is 11.1 Å². The van der Waals surface area contributed by atoms with Crippen molar-refractivity contribution in [2.45, 2.75) is 45.4 Å². The summed E-state index contributed by atoms with van der Waals surface area (Å²) in [6, 6.07) is 15.7. The van der Waals surface area contributed by atoms with Crippen molar-refractivity contribution in [3.05, 3.63) is 59.7 Å². The zero-order valence-corrected chi connectivity index (χ0v) is 19.5. The van der Waals surface area contributed by atoms with Crippen LogP contribution in [0.2, 0.25) is 0 Å². The topological polar surface area (TPSA) is 53.0 Å². The maximum Gasteiger partial charge on any atom is 0.254 e.